The van der Waals surface area contributed by atoms with Gasteiger partial charge in [0.25, 0.3) is 0 Å². The molecule has 0 radical (unpaired) electrons. The van der Waals surface area contributed by atoms with Crippen molar-refractivity contribution in [3.05, 3.63) is 47.9 Å². The molecule has 0 aliphatic carbocycles. The zero-order chi connectivity index (χ0) is 23.2. The lowest BCUT2D eigenvalue weighted by Crippen LogP contribution is -2.50. The van der Waals surface area contributed by atoms with E-state index in [4.69, 9.17) is 9.84 Å². The van der Waals surface area contributed by atoms with Crippen LogP contribution in [0.5, 0.6) is 0 Å². The smallest absolute Gasteiger partial charge is 0.394 e. The van der Waals surface area contributed by atoms with Gasteiger partial charge in [0.15, 0.2) is 5.82 Å². The van der Waals surface area contributed by atoms with Crippen LogP contribution >= 0.6 is 0 Å². The van der Waals surface area contributed by atoms with Crippen LogP contribution in [0.25, 0.3) is 11.3 Å². The average molecular weight is 456 g/mol. The van der Waals surface area contributed by atoms with Crippen molar-refractivity contribution in [1.29, 1.82) is 0 Å². The first-order chi connectivity index (χ1) is 14.3. The molecule has 31 heavy (non-hydrogen) atoms. The molecular formula is C18H15F7N2O4. The molecule has 3 N–H and O–H groups in total. The maximum atomic E-state index is 14.4. The van der Waals surface area contributed by atoms with E-state index in [1.807, 2.05) is 0 Å². The standard InChI is InChI=1S/C18H15F7N2O4/c19-16(20,17(21,22)18(23,24)25)11-6-9(8-4-2-1-3-5-8)26-15(27-11)14-13(30)12(29)10(7-28)31-14/h1-6,10,12-14,28-30H,7H2/t10-,12-,13-,14-/m1/s1. The number of aromatic nitrogens is 2. The minimum absolute atomic E-state index is 0.0743. The number of halogens is 7. The maximum Gasteiger partial charge on any atom is 0.460 e. The van der Waals surface area contributed by atoms with Gasteiger partial charge in [0, 0.05) is 5.56 Å². The molecule has 3 rings (SSSR count). The molecule has 6 nitrogen and oxygen atoms in total. The molecule has 1 aromatic heterocycles. The fourth-order valence-corrected chi connectivity index (χ4v) is 2.96. The molecule has 0 saturated carbocycles. The Labute approximate surface area is 169 Å². The minimum Gasteiger partial charge on any atom is -0.394 e. The van der Waals surface area contributed by atoms with E-state index < -0.39 is 66.3 Å². The summed E-state index contributed by atoms with van der Waals surface area (Å²) in [7, 11) is 0. The lowest BCUT2D eigenvalue weighted by Gasteiger charge is -2.28. The zero-order valence-electron chi connectivity index (χ0n) is 15.3. The predicted molar refractivity (Wildman–Crippen MR) is 89.1 cm³/mol. The van der Waals surface area contributed by atoms with Crippen LogP contribution in [0.1, 0.15) is 17.6 Å². The Morgan fingerprint density at radius 3 is 2.03 bits per heavy atom. The van der Waals surface area contributed by atoms with E-state index in [0.29, 0.717) is 0 Å². The molecule has 0 amide bonds. The number of alkyl halides is 7. The molecule has 1 aliphatic rings. The van der Waals surface area contributed by atoms with Crippen molar-refractivity contribution in [2.75, 3.05) is 6.61 Å². The van der Waals surface area contributed by atoms with Crippen molar-refractivity contribution in [3.8, 4) is 11.3 Å². The first-order valence-corrected chi connectivity index (χ1v) is 8.71. The number of rotatable bonds is 5. The van der Waals surface area contributed by atoms with Gasteiger partial charge in [-0.05, 0) is 6.07 Å². The van der Waals surface area contributed by atoms with Crippen molar-refractivity contribution >= 4 is 0 Å². The van der Waals surface area contributed by atoms with Gasteiger partial charge in [0.05, 0.1) is 12.3 Å². The second kappa shape index (κ2) is 7.97. The van der Waals surface area contributed by atoms with Crippen LogP contribution in [0.4, 0.5) is 30.7 Å². The Hall–Kier alpha value is -2.35. The Morgan fingerprint density at radius 1 is 0.903 bits per heavy atom. The van der Waals surface area contributed by atoms with Gasteiger partial charge in [-0.3, -0.25) is 0 Å². The van der Waals surface area contributed by atoms with Crippen LogP contribution in [-0.2, 0) is 10.7 Å². The Kier molecular flexibility index (Phi) is 5.99. The normalized spacial score (nSPS) is 25.1. The van der Waals surface area contributed by atoms with Gasteiger partial charge in [-0.25, -0.2) is 9.97 Å². The number of ether oxygens (including phenoxy) is 1. The first kappa shape index (κ1) is 23.3. The van der Waals surface area contributed by atoms with Gasteiger partial charge < -0.3 is 20.1 Å². The Balaban J connectivity index is 2.18. The molecule has 2 aromatic rings. The molecule has 1 aliphatic heterocycles. The molecule has 13 heteroatoms. The summed E-state index contributed by atoms with van der Waals surface area (Å²) < 4.78 is 99.0. The second-order valence-electron chi connectivity index (χ2n) is 6.77. The highest BCUT2D eigenvalue weighted by molar-refractivity contribution is 5.59. The molecule has 170 valence electrons. The van der Waals surface area contributed by atoms with E-state index >= 15 is 0 Å². The van der Waals surface area contributed by atoms with Gasteiger partial charge in [-0.1, -0.05) is 30.3 Å². The molecule has 4 atom stereocenters. The minimum atomic E-state index is -6.59. The van der Waals surface area contributed by atoms with E-state index in [-0.39, 0.29) is 11.6 Å². The van der Waals surface area contributed by atoms with Crippen molar-refractivity contribution < 1.29 is 50.8 Å². The van der Waals surface area contributed by atoms with Crippen molar-refractivity contribution in [2.45, 2.75) is 42.4 Å². The number of benzene rings is 1. The van der Waals surface area contributed by atoms with E-state index in [9.17, 15) is 40.9 Å². The van der Waals surface area contributed by atoms with E-state index in [2.05, 4.69) is 9.97 Å². The predicted octanol–water partition coefficient (Wildman–Crippen LogP) is 2.59. The quantitative estimate of drug-likeness (QED) is 0.599. The van der Waals surface area contributed by atoms with Crippen LogP contribution in [0.3, 0.4) is 0 Å². The summed E-state index contributed by atoms with van der Waals surface area (Å²) in [4.78, 5) is 6.98. The van der Waals surface area contributed by atoms with Crippen LogP contribution < -0.4 is 0 Å². The molecule has 1 aromatic carbocycles. The van der Waals surface area contributed by atoms with E-state index in [1.165, 1.54) is 30.3 Å². The Bertz CT molecular complexity index is 927. The van der Waals surface area contributed by atoms with Gasteiger partial charge >= 0.3 is 18.0 Å². The lowest BCUT2D eigenvalue weighted by atomic mass is 10.0. The number of aliphatic hydroxyl groups excluding tert-OH is 3. The molecular weight excluding hydrogens is 441 g/mol. The SMILES string of the molecule is OC[C@H]1O[C@@H](c2nc(-c3ccccc3)cc(C(F)(F)C(F)(F)C(F)(F)F)n2)[C@H](O)[C@@H]1O. The highest BCUT2D eigenvalue weighted by atomic mass is 19.4. The van der Waals surface area contributed by atoms with Gasteiger partial charge in [0.1, 0.15) is 30.1 Å². The van der Waals surface area contributed by atoms with Crippen molar-refractivity contribution in [3.63, 3.8) is 0 Å². The van der Waals surface area contributed by atoms with E-state index in [0.717, 1.165) is 0 Å². The molecule has 1 saturated heterocycles. The second-order valence-corrected chi connectivity index (χ2v) is 6.77. The summed E-state index contributed by atoms with van der Waals surface area (Å²) in [6.07, 6.45) is -13.3. The first-order valence-electron chi connectivity index (χ1n) is 8.71. The fraction of sp³-hybridized carbons (Fsp3) is 0.444. The fourth-order valence-electron chi connectivity index (χ4n) is 2.96. The molecule has 0 spiro atoms. The van der Waals surface area contributed by atoms with Crippen LogP contribution in [0.2, 0.25) is 0 Å². The lowest BCUT2D eigenvalue weighted by molar-refractivity contribution is -0.360. The van der Waals surface area contributed by atoms with Crippen LogP contribution in [0.15, 0.2) is 36.4 Å². The maximum absolute atomic E-state index is 14.4. The third-order valence-electron chi connectivity index (χ3n) is 4.68. The monoisotopic (exact) mass is 456 g/mol. The van der Waals surface area contributed by atoms with Crippen LogP contribution in [-0.4, -0.2) is 62.3 Å². The van der Waals surface area contributed by atoms with Crippen molar-refractivity contribution in [2.24, 2.45) is 0 Å². The summed E-state index contributed by atoms with van der Waals surface area (Å²) in [5.41, 5.74) is -2.34. The molecule has 2 heterocycles. The average Bonchev–Trinajstić information content (AvgIpc) is 3.01. The van der Waals surface area contributed by atoms with Gasteiger partial charge in [-0.2, -0.15) is 30.7 Å². The largest absolute Gasteiger partial charge is 0.460 e. The Morgan fingerprint density at radius 2 is 1.52 bits per heavy atom. The molecule has 0 bridgehead atoms. The highest BCUT2D eigenvalue weighted by Gasteiger charge is 2.74. The number of aliphatic hydroxyl groups is 3. The molecule has 0 unspecified atom stereocenters. The topological polar surface area (TPSA) is 95.7 Å². The summed E-state index contributed by atoms with van der Waals surface area (Å²) in [5, 5.41) is 29.1. The summed E-state index contributed by atoms with van der Waals surface area (Å²) >= 11 is 0. The van der Waals surface area contributed by atoms with Crippen LogP contribution in [0, 0.1) is 0 Å². The molecule has 1 fully saturated rings. The number of hydrogen-bond acceptors (Lipinski definition) is 6. The van der Waals surface area contributed by atoms with Gasteiger partial charge in [-0.15, -0.1) is 0 Å². The van der Waals surface area contributed by atoms with Gasteiger partial charge in [0.2, 0.25) is 0 Å². The summed E-state index contributed by atoms with van der Waals surface area (Å²) in [6, 6.07) is 7.34. The third kappa shape index (κ3) is 3.97. The summed E-state index contributed by atoms with van der Waals surface area (Å²) in [5.74, 6) is -13.1. The van der Waals surface area contributed by atoms with Crippen molar-refractivity contribution in [1.82, 2.24) is 9.97 Å². The highest BCUT2D eigenvalue weighted by Crippen LogP contribution is 2.51. The van der Waals surface area contributed by atoms with E-state index in [1.54, 1.807) is 0 Å². The zero-order valence-corrected chi connectivity index (χ0v) is 15.3. The summed E-state index contributed by atoms with van der Waals surface area (Å²) in [6.45, 7) is -0.803. The third-order valence-corrected chi connectivity index (χ3v) is 4.68. The number of nitrogens with zero attached hydrogens (tertiary/aromatic N) is 2. The number of hydrogen-bond donors (Lipinski definition) is 3.